The number of anilines is 1. The second-order valence-electron chi connectivity index (χ2n) is 9.09. The molecule has 0 amide bonds. The molecule has 4 heterocycles. The van der Waals surface area contributed by atoms with Crippen LogP contribution >= 0.6 is 0 Å². The molecule has 0 saturated carbocycles. The molecule has 0 aliphatic carbocycles. The van der Waals surface area contributed by atoms with Crippen molar-refractivity contribution in [3.8, 4) is 0 Å². The molecular formula is C26H34N4O2. The number of carbonyl (C=O) groups is 2. The fourth-order valence-corrected chi connectivity index (χ4v) is 4.99. The van der Waals surface area contributed by atoms with E-state index in [1.807, 2.05) is 18.2 Å². The molecule has 2 aromatic rings. The Balaban J connectivity index is 1.20. The Bertz CT molecular complexity index is 923. The van der Waals surface area contributed by atoms with E-state index in [0.29, 0.717) is 12.2 Å². The molecule has 0 radical (unpaired) electrons. The zero-order valence-corrected chi connectivity index (χ0v) is 19.1. The fraction of sp³-hybridized carbons (Fsp3) is 0.538. The normalized spacial score (nSPS) is 17.9. The summed E-state index contributed by atoms with van der Waals surface area (Å²) >= 11 is 0. The lowest BCUT2D eigenvalue weighted by atomic mass is 9.88. The molecule has 6 heteroatoms. The number of ketones is 2. The van der Waals surface area contributed by atoms with Gasteiger partial charge < -0.3 is 5.32 Å². The maximum Gasteiger partial charge on any atom is 0.153 e. The first-order chi connectivity index (χ1) is 15.6. The van der Waals surface area contributed by atoms with Gasteiger partial charge in [0.15, 0.2) is 5.78 Å². The van der Waals surface area contributed by atoms with Crippen LogP contribution in [0.15, 0.2) is 36.5 Å². The molecule has 1 atom stereocenters. The van der Waals surface area contributed by atoms with Crippen molar-refractivity contribution in [3.63, 3.8) is 0 Å². The average molecular weight is 435 g/mol. The minimum atomic E-state index is -0.300. The van der Waals surface area contributed by atoms with E-state index < -0.39 is 0 Å². The van der Waals surface area contributed by atoms with E-state index in [9.17, 15) is 9.59 Å². The number of likely N-dealkylation sites (tertiary alicyclic amines) is 1. The Kier molecular flexibility index (Phi) is 7.63. The van der Waals surface area contributed by atoms with Crippen LogP contribution in [0.2, 0.25) is 0 Å². The summed E-state index contributed by atoms with van der Waals surface area (Å²) in [5.41, 5.74) is 3.23. The Morgan fingerprint density at radius 3 is 2.75 bits per heavy atom. The van der Waals surface area contributed by atoms with Gasteiger partial charge >= 0.3 is 0 Å². The number of rotatable bonds is 9. The smallest absolute Gasteiger partial charge is 0.153 e. The third-order valence-corrected chi connectivity index (χ3v) is 6.76. The van der Waals surface area contributed by atoms with Gasteiger partial charge in [0.05, 0.1) is 5.69 Å². The summed E-state index contributed by atoms with van der Waals surface area (Å²) < 4.78 is 0. The predicted molar refractivity (Wildman–Crippen MR) is 126 cm³/mol. The molecule has 170 valence electrons. The largest absolute Gasteiger partial charge is 0.370 e. The quantitative estimate of drug-likeness (QED) is 0.598. The first-order valence-corrected chi connectivity index (χ1v) is 12.0. The van der Waals surface area contributed by atoms with Crippen LogP contribution in [0.25, 0.3) is 0 Å². The van der Waals surface area contributed by atoms with Crippen LogP contribution in [0.1, 0.15) is 68.4 Å². The number of aromatic nitrogens is 2. The molecule has 1 fully saturated rings. The van der Waals surface area contributed by atoms with E-state index in [1.54, 1.807) is 13.1 Å². The highest BCUT2D eigenvalue weighted by molar-refractivity contribution is 5.83. The van der Waals surface area contributed by atoms with E-state index in [2.05, 4.69) is 27.3 Å². The van der Waals surface area contributed by atoms with Gasteiger partial charge in [-0.05, 0) is 88.7 Å². The van der Waals surface area contributed by atoms with Crippen molar-refractivity contribution in [1.29, 1.82) is 0 Å². The highest BCUT2D eigenvalue weighted by atomic mass is 16.1. The predicted octanol–water partition coefficient (Wildman–Crippen LogP) is 4.16. The molecule has 0 bridgehead atoms. The van der Waals surface area contributed by atoms with Gasteiger partial charge in [-0.25, -0.2) is 4.98 Å². The summed E-state index contributed by atoms with van der Waals surface area (Å²) in [5, 5.41) is 3.39. The van der Waals surface area contributed by atoms with Crippen molar-refractivity contribution in [3.05, 3.63) is 53.5 Å². The van der Waals surface area contributed by atoms with Gasteiger partial charge in [0, 0.05) is 30.8 Å². The molecule has 1 unspecified atom stereocenters. The number of fused-ring (bicyclic) bond motifs is 1. The Morgan fingerprint density at radius 1 is 1.16 bits per heavy atom. The summed E-state index contributed by atoms with van der Waals surface area (Å²) in [6, 6.07) is 9.73. The Labute approximate surface area is 190 Å². The van der Waals surface area contributed by atoms with Gasteiger partial charge in [-0.1, -0.05) is 12.1 Å². The standard InChI is InChI=1S/C26H34N4O2/c1-19(31)25(23-9-4-5-15-27-23)30-17-13-20(14-18-30)24(32)10-3-2-8-22-12-11-21-7-6-16-28-26(21)29-22/h4-5,9,11-12,15,20,25H,2-3,6-8,10,13-14,16-18H2,1H3,(H,28,29). The van der Waals surface area contributed by atoms with E-state index in [-0.39, 0.29) is 17.7 Å². The van der Waals surface area contributed by atoms with Crippen LogP contribution in [0.3, 0.4) is 0 Å². The molecule has 4 rings (SSSR count). The minimum Gasteiger partial charge on any atom is -0.370 e. The number of pyridine rings is 2. The first kappa shape index (κ1) is 22.6. The maximum absolute atomic E-state index is 12.8. The Morgan fingerprint density at radius 2 is 2.00 bits per heavy atom. The van der Waals surface area contributed by atoms with E-state index in [1.165, 1.54) is 12.0 Å². The molecule has 32 heavy (non-hydrogen) atoms. The van der Waals surface area contributed by atoms with Crippen molar-refractivity contribution in [2.24, 2.45) is 5.92 Å². The summed E-state index contributed by atoms with van der Waals surface area (Å²) in [4.78, 5) is 36.4. The summed E-state index contributed by atoms with van der Waals surface area (Å²) in [5.74, 6) is 1.65. The van der Waals surface area contributed by atoms with Gasteiger partial charge in [0.25, 0.3) is 0 Å². The topological polar surface area (TPSA) is 75.2 Å². The maximum atomic E-state index is 12.8. The fourth-order valence-electron chi connectivity index (χ4n) is 4.99. The zero-order chi connectivity index (χ0) is 22.3. The van der Waals surface area contributed by atoms with Crippen LogP contribution in [-0.2, 0) is 22.4 Å². The molecular weight excluding hydrogens is 400 g/mol. The number of unbranched alkanes of at least 4 members (excludes halogenated alkanes) is 1. The Hall–Kier alpha value is -2.60. The van der Waals surface area contributed by atoms with Crippen LogP contribution in [0, 0.1) is 5.92 Å². The number of hydrogen-bond donors (Lipinski definition) is 1. The minimum absolute atomic E-state index is 0.111. The molecule has 2 aromatic heterocycles. The van der Waals surface area contributed by atoms with Gasteiger partial charge in [-0.2, -0.15) is 0 Å². The van der Waals surface area contributed by atoms with Gasteiger partial charge in [0.1, 0.15) is 17.6 Å². The third-order valence-electron chi connectivity index (χ3n) is 6.76. The number of piperidine rings is 1. The number of hydrogen-bond acceptors (Lipinski definition) is 6. The average Bonchev–Trinajstić information content (AvgIpc) is 2.82. The highest BCUT2D eigenvalue weighted by Gasteiger charge is 2.31. The van der Waals surface area contributed by atoms with Crippen molar-refractivity contribution in [2.45, 2.75) is 64.3 Å². The molecule has 1 saturated heterocycles. The van der Waals surface area contributed by atoms with Crippen molar-refractivity contribution in [2.75, 3.05) is 25.0 Å². The second-order valence-corrected chi connectivity index (χ2v) is 9.09. The monoisotopic (exact) mass is 434 g/mol. The van der Waals surface area contributed by atoms with Crippen LogP contribution in [0.5, 0.6) is 0 Å². The zero-order valence-electron chi connectivity index (χ0n) is 19.1. The number of nitrogens with zero attached hydrogens (tertiary/aromatic N) is 3. The third kappa shape index (κ3) is 5.60. The molecule has 0 aromatic carbocycles. The second kappa shape index (κ2) is 10.8. The number of aryl methyl sites for hydroxylation is 2. The number of Topliss-reactive ketones (excluding diaryl/α,β-unsaturated/α-hetero) is 2. The molecule has 2 aliphatic rings. The van der Waals surface area contributed by atoms with Crippen LogP contribution in [-0.4, -0.2) is 46.1 Å². The summed E-state index contributed by atoms with van der Waals surface area (Å²) in [7, 11) is 0. The van der Waals surface area contributed by atoms with E-state index >= 15 is 0 Å². The number of nitrogens with one attached hydrogen (secondary N) is 1. The first-order valence-electron chi connectivity index (χ1n) is 12.0. The van der Waals surface area contributed by atoms with Crippen molar-refractivity contribution < 1.29 is 9.59 Å². The van der Waals surface area contributed by atoms with Gasteiger partial charge in [-0.3, -0.25) is 19.5 Å². The SMILES string of the molecule is CC(=O)C(c1ccccn1)N1CCC(C(=O)CCCCc2ccc3c(n2)NCCC3)CC1. The number of carbonyl (C=O) groups excluding carboxylic acids is 2. The van der Waals surface area contributed by atoms with Crippen LogP contribution < -0.4 is 5.32 Å². The van der Waals surface area contributed by atoms with E-state index in [4.69, 9.17) is 4.98 Å². The van der Waals surface area contributed by atoms with Gasteiger partial charge in [0.2, 0.25) is 0 Å². The van der Waals surface area contributed by atoms with E-state index in [0.717, 1.165) is 75.4 Å². The highest BCUT2D eigenvalue weighted by Crippen LogP contribution is 2.28. The molecule has 0 spiro atoms. The van der Waals surface area contributed by atoms with Crippen molar-refractivity contribution in [1.82, 2.24) is 14.9 Å². The lowest BCUT2D eigenvalue weighted by molar-refractivity contribution is -0.126. The lowest BCUT2D eigenvalue weighted by Gasteiger charge is -2.35. The summed E-state index contributed by atoms with van der Waals surface area (Å²) in [6.45, 7) is 4.17. The van der Waals surface area contributed by atoms with Gasteiger partial charge in [-0.15, -0.1) is 0 Å². The van der Waals surface area contributed by atoms with Crippen molar-refractivity contribution >= 4 is 17.4 Å². The molecule has 2 aliphatic heterocycles. The summed E-state index contributed by atoms with van der Waals surface area (Å²) in [6.07, 6.45) is 9.14. The molecule has 1 N–H and O–H groups in total. The van der Waals surface area contributed by atoms with Crippen LogP contribution in [0.4, 0.5) is 5.82 Å². The lowest BCUT2D eigenvalue weighted by Crippen LogP contribution is -2.41. The molecule has 6 nitrogen and oxygen atoms in total.